The van der Waals surface area contributed by atoms with Gasteiger partial charge >= 0.3 is 0 Å². The molecule has 2 aliphatic rings. The average Bonchev–Trinajstić information content (AvgIpc) is 3.16. The van der Waals surface area contributed by atoms with Crippen molar-refractivity contribution in [3.05, 3.63) is 29.6 Å². The van der Waals surface area contributed by atoms with Gasteiger partial charge in [-0.3, -0.25) is 9.59 Å². The van der Waals surface area contributed by atoms with Gasteiger partial charge in [-0.15, -0.1) is 0 Å². The van der Waals surface area contributed by atoms with E-state index >= 15 is 0 Å². The molecule has 0 unspecified atom stereocenters. The summed E-state index contributed by atoms with van der Waals surface area (Å²) >= 11 is 0. The molecule has 1 aromatic carbocycles. The van der Waals surface area contributed by atoms with Crippen LogP contribution in [0.5, 0.6) is 5.75 Å². The molecule has 0 bridgehead atoms. The van der Waals surface area contributed by atoms with Crippen LogP contribution in [0, 0.1) is 11.7 Å². The Kier molecular flexibility index (Phi) is 5.56. The van der Waals surface area contributed by atoms with Crippen LogP contribution >= 0.6 is 0 Å². The van der Waals surface area contributed by atoms with Crippen LogP contribution in [-0.4, -0.2) is 54.9 Å². The van der Waals surface area contributed by atoms with Gasteiger partial charge in [0.15, 0.2) is 0 Å². The number of methoxy groups -OCH3 is 1. The molecule has 25 heavy (non-hydrogen) atoms. The summed E-state index contributed by atoms with van der Waals surface area (Å²) in [7, 11) is 1.51. The van der Waals surface area contributed by atoms with Crippen molar-refractivity contribution in [1.29, 1.82) is 0 Å². The fraction of sp³-hybridized carbons (Fsp3) is 0.579. The first kappa shape index (κ1) is 17.7. The molecule has 136 valence electrons. The van der Waals surface area contributed by atoms with Crippen molar-refractivity contribution in [2.24, 2.45) is 5.92 Å². The van der Waals surface area contributed by atoms with Crippen LogP contribution in [0.4, 0.5) is 4.39 Å². The molecule has 1 saturated heterocycles. The minimum Gasteiger partial charge on any atom is -0.496 e. The Balaban J connectivity index is 1.55. The Labute approximate surface area is 147 Å². The molecule has 5 nitrogen and oxygen atoms in total. The monoisotopic (exact) mass is 348 g/mol. The fourth-order valence-electron chi connectivity index (χ4n) is 3.77. The third kappa shape index (κ3) is 4.11. The van der Waals surface area contributed by atoms with Crippen LogP contribution in [-0.2, 0) is 16.0 Å². The maximum Gasteiger partial charge on any atom is 0.227 e. The molecule has 0 atom stereocenters. The Morgan fingerprint density at radius 3 is 2.40 bits per heavy atom. The van der Waals surface area contributed by atoms with Crippen LogP contribution in [0.2, 0.25) is 0 Å². The first-order valence-electron chi connectivity index (χ1n) is 8.97. The molecule has 3 rings (SSSR count). The molecule has 2 amide bonds. The smallest absolute Gasteiger partial charge is 0.227 e. The van der Waals surface area contributed by atoms with Crippen LogP contribution in [0.25, 0.3) is 0 Å². The minimum atomic E-state index is -0.379. The first-order valence-corrected chi connectivity index (χ1v) is 8.97. The van der Waals surface area contributed by atoms with E-state index in [4.69, 9.17) is 4.74 Å². The van der Waals surface area contributed by atoms with Crippen LogP contribution in [0.1, 0.15) is 31.2 Å². The van der Waals surface area contributed by atoms with Gasteiger partial charge in [-0.1, -0.05) is 12.8 Å². The van der Waals surface area contributed by atoms with E-state index in [0.717, 1.165) is 25.7 Å². The topological polar surface area (TPSA) is 49.9 Å². The number of rotatable bonds is 4. The van der Waals surface area contributed by atoms with Gasteiger partial charge in [-0.2, -0.15) is 0 Å². The third-order valence-electron chi connectivity index (χ3n) is 5.23. The highest BCUT2D eigenvalue weighted by Gasteiger charge is 2.30. The lowest BCUT2D eigenvalue weighted by Gasteiger charge is -2.36. The number of nitrogens with zero attached hydrogens (tertiary/aromatic N) is 2. The summed E-state index contributed by atoms with van der Waals surface area (Å²) < 4.78 is 18.6. The number of amides is 2. The molecule has 1 aliphatic heterocycles. The molecule has 2 fully saturated rings. The molecule has 1 saturated carbocycles. The molecule has 1 aliphatic carbocycles. The van der Waals surface area contributed by atoms with Gasteiger partial charge in [0.25, 0.3) is 0 Å². The van der Waals surface area contributed by atoms with E-state index in [9.17, 15) is 14.0 Å². The van der Waals surface area contributed by atoms with E-state index in [1.165, 1.54) is 25.3 Å². The second-order valence-electron chi connectivity index (χ2n) is 6.82. The summed E-state index contributed by atoms with van der Waals surface area (Å²) in [4.78, 5) is 28.6. The number of piperazine rings is 1. The number of hydrogen-bond acceptors (Lipinski definition) is 3. The molecule has 0 radical (unpaired) electrons. The quantitative estimate of drug-likeness (QED) is 0.838. The van der Waals surface area contributed by atoms with E-state index in [1.54, 1.807) is 4.90 Å². The lowest BCUT2D eigenvalue weighted by molar-refractivity contribution is -0.141. The normalized spacial score (nSPS) is 18.5. The zero-order chi connectivity index (χ0) is 17.8. The molecular weight excluding hydrogens is 323 g/mol. The fourth-order valence-corrected chi connectivity index (χ4v) is 3.77. The van der Waals surface area contributed by atoms with Crippen molar-refractivity contribution in [1.82, 2.24) is 9.80 Å². The zero-order valence-electron chi connectivity index (χ0n) is 14.7. The maximum absolute atomic E-state index is 13.4. The molecule has 0 aromatic heterocycles. The van der Waals surface area contributed by atoms with Gasteiger partial charge in [0.2, 0.25) is 11.8 Å². The highest BCUT2D eigenvalue weighted by Crippen LogP contribution is 2.27. The number of carbonyl (C=O) groups excluding carboxylic acids is 2. The maximum atomic E-state index is 13.4. The van der Waals surface area contributed by atoms with Crippen LogP contribution < -0.4 is 4.74 Å². The predicted octanol–water partition coefficient (Wildman–Crippen LogP) is 2.24. The summed E-state index contributed by atoms with van der Waals surface area (Å²) in [5.41, 5.74) is 0.553. The minimum absolute atomic E-state index is 0.0585. The van der Waals surface area contributed by atoms with Crippen molar-refractivity contribution in [3.8, 4) is 5.75 Å². The molecule has 1 aromatic rings. The number of carbonyl (C=O) groups is 2. The number of hydrogen-bond donors (Lipinski definition) is 0. The summed E-state index contributed by atoms with van der Waals surface area (Å²) in [6, 6.07) is 4.20. The van der Waals surface area contributed by atoms with Gasteiger partial charge in [-0.25, -0.2) is 4.39 Å². The largest absolute Gasteiger partial charge is 0.496 e. The van der Waals surface area contributed by atoms with Gasteiger partial charge in [-0.05, 0) is 31.0 Å². The van der Waals surface area contributed by atoms with Gasteiger partial charge in [0.05, 0.1) is 13.5 Å². The highest BCUT2D eigenvalue weighted by atomic mass is 19.1. The van der Waals surface area contributed by atoms with E-state index in [-0.39, 0.29) is 30.0 Å². The summed E-state index contributed by atoms with van der Waals surface area (Å²) in [5, 5.41) is 0. The second kappa shape index (κ2) is 7.85. The summed E-state index contributed by atoms with van der Waals surface area (Å²) in [6.45, 7) is 2.24. The molecule has 6 heteroatoms. The Morgan fingerprint density at radius 1 is 1.12 bits per heavy atom. The average molecular weight is 348 g/mol. The van der Waals surface area contributed by atoms with Crippen molar-refractivity contribution in [2.75, 3.05) is 33.3 Å². The van der Waals surface area contributed by atoms with Crippen molar-refractivity contribution >= 4 is 11.8 Å². The van der Waals surface area contributed by atoms with Crippen molar-refractivity contribution in [3.63, 3.8) is 0 Å². The van der Waals surface area contributed by atoms with Crippen molar-refractivity contribution in [2.45, 2.75) is 32.1 Å². The summed E-state index contributed by atoms with van der Waals surface area (Å²) in [6.07, 6.45) is 4.39. The lowest BCUT2D eigenvalue weighted by atomic mass is 10.1. The van der Waals surface area contributed by atoms with Crippen LogP contribution in [0.15, 0.2) is 18.2 Å². The van der Waals surface area contributed by atoms with E-state index in [1.807, 2.05) is 4.90 Å². The number of halogens is 1. The third-order valence-corrected chi connectivity index (χ3v) is 5.23. The zero-order valence-corrected chi connectivity index (χ0v) is 14.7. The number of ether oxygens (including phenoxy) is 1. The van der Waals surface area contributed by atoms with E-state index < -0.39 is 0 Å². The molecule has 1 heterocycles. The van der Waals surface area contributed by atoms with E-state index in [2.05, 4.69) is 0 Å². The van der Waals surface area contributed by atoms with Crippen molar-refractivity contribution < 1.29 is 18.7 Å². The Hall–Kier alpha value is -2.11. The van der Waals surface area contributed by atoms with Gasteiger partial charge < -0.3 is 14.5 Å². The standard InChI is InChI=1S/C19H25FN2O3/c1-25-17-7-6-16(20)12-15(17)13-18(23)21-8-10-22(11-9-21)19(24)14-4-2-3-5-14/h6-7,12,14H,2-5,8-11,13H2,1H3. The predicted molar refractivity (Wildman–Crippen MR) is 91.8 cm³/mol. The Morgan fingerprint density at radius 2 is 1.76 bits per heavy atom. The van der Waals surface area contributed by atoms with Crippen LogP contribution in [0.3, 0.4) is 0 Å². The van der Waals surface area contributed by atoms with Gasteiger partial charge in [0.1, 0.15) is 11.6 Å². The lowest BCUT2D eigenvalue weighted by Crippen LogP contribution is -2.52. The SMILES string of the molecule is COc1ccc(F)cc1CC(=O)N1CCN(C(=O)C2CCCC2)CC1. The second-order valence-corrected chi connectivity index (χ2v) is 6.82. The van der Waals surface area contributed by atoms with Gasteiger partial charge in [0, 0.05) is 37.7 Å². The molecule has 0 spiro atoms. The number of benzene rings is 1. The van der Waals surface area contributed by atoms with E-state index in [0.29, 0.717) is 37.5 Å². The molecule has 0 N–H and O–H groups in total. The summed E-state index contributed by atoms with van der Waals surface area (Å²) in [5.74, 6) is 0.507. The Bertz CT molecular complexity index is 636. The highest BCUT2D eigenvalue weighted by molar-refractivity contribution is 5.81. The first-order chi connectivity index (χ1) is 12.1. The molecular formula is C19H25FN2O3.